The van der Waals surface area contributed by atoms with E-state index in [9.17, 15) is 4.79 Å². The first-order chi connectivity index (χ1) is 8.96. The number of piperazine rings is 1. The summed E-state index contributed by atoms with van der Waals surface area (Å²) in [6, 6.07) is 3.88. The number of nitrogens with zero attached hydrogens (tertiary/aromatic N) is 1. The molecule has 19 heavy (non-hydrogen) atoms. The second-order valence-electron chi connectivity index (χ2n) is 5.82. The van der Waals surface area contributed by atoms with Crippen LogP contribution in [0.2, 0.25) is 0 Å². The lowest BCUT2D eigenvalue weighted by Crippen LogP contribution is -2.55. The lowest BCUT2D eigenvalue weighted by molar-refractivity contribution is 0.0117. The molecule has 2 rings (SSSR count). The SMILES string of the molecule is CC(C)(C)OC(=O)N1CCNC[C@@H]1Cc1ccco1. The summed E-state index contributed by atoms with van der Waals surface area (Å²) < 4.78 is 10.8. The maximum Gasteiger partial charge on any atom is 0.410 e. The van der Waals surface area contributed by atoms with E-state index in [4.69, 9.17) is 9.15 Å². The van der Waals surface area contributed by atoms with Gasteiger partial charge in [0.25, 0.3) is 0 Å². The number of furan rings is 1. The molecule has 0 bridgehead atoms. The van der Waals surface area contributed by atoms with Crippen LogP contribution in [0.15, 0.2) is 22.8 Å². The third-order valence-electron chi connectivity index (χ3n) is 3.00. The Morgan fingerprint density at radius 3 is 3.00 bits per heavy atom. The Kier molecular flexibility index (Phi) is 4.14. The molecule has 0 saturated carbocycles. The van der Waals surface area contributed by atoms with E-state index in [-0.39, 0.29) is 12.1 Å². The Labute approximate surface area is 113 Å². The molecule has 2 heterocycles. The molecule has 1 amide bonds. The monoisotopic (exact) mass is 266 g/mol. The Morgan fingerprint density at radius 2 is 2.37 bits per heavy atom. The zero-order valence-corrected chi connectivity index (χ0v) is 11.8. The Bertz CT molecular complexity index is 409. The van der Waals surface area contributed by atoms with E-state index >= 15 is 0 Å². The van der Waals surface area contributed by atoms with Gasteiger partial charge < -0.3 is 19.4 Å². The van der Waals surface area contributed by atoms with Crippen LogP contribution in [0.25, 0.3) is 0 Å². The van der Waals surface area contributed by atoms with E-state index in [1.807, 2.05) is 32.9 Å². The first-order valence-corrected chi connectivity index (χ1v) is 6.68. The molecule has 0 spiro atoms. The number of carbonyl (C=O) groups excluding carboxylic acids is 1. The zero-order chi connectivity index (χ0) is 13.9. The highest BCUT2D eigenvalue weighted by Gasteiger charge is 2.30. The number of hydrogen-bond acceptors (Lipinski definition) is 4. The van der Waals surface area contributed by atoms with Crippen LogP contribution in [-0.4, -0.2) is 42.3 Å². The first-order valence-electron chi connectivity index (χ1n) is 6.68. The Hall–Kier alpha value is -1.49. The van der Waals surface area contributed by atoms with E-state index in [1.165, 1.54) is 0 Å². The van der Waals surface area contributed by atoms with E-state index in [2.05, 4.69) is 5.32 Å². The lowest BCUT2D eigenvalue weighted by Gasteiger charge is -2.36. The summed E-state index contributed by atoms with van der Waals surface area (Å²) in [5.41, 5.74) is -0.461. The number of amides is 1. The Balaban J connectivity index is 2.01. The van der Waals surface area contributed by atoms with Crippen LogP contribution in [0.3, 0.4) is 0 Å². The van der Waals surface area contributed by atoms with Crippen LogP contribution in [0.5, 0.6) is 0 Å². The van der Waals surface area contributed by atoms with Crippen molar-refractivity contribution in [2.75, 3.05) is 19.6 Å². The van der Waals surface area contributed by atoms with E-state index in [0.717, 1.165) is 18.8 Å². The molecule has 1 aliphatic heterocycles. The summed E-state index contributed by atoms with van der Waals surface area (Å²) in [7, 11) is 0. The van der Waals surface area contributed by atoms with Gasteiger partial charge in [-0.15, -0.1) is 0 Å². The fourth-order valence-corrected chi connectivity index (χ4v) is 2.17. The van der Waals surface area contributed by atoms with Gasteiger partial charge in [0.2, 0.25) is 0 Å². The van der Waals surface area contributed by atoms with Gasteiger partial charge in [-0.2, -0.15) is 0 Å². The minimum absolute atomic E-state index is 0.0785. The molecule has 106 valence electrons. The van der Waals surface area contributed by atoms with Crippen molar-refractivity contribution in [3.63, 3.8) is 0 Å². The number of rotatable bonds is 2. The van der Waals surface area contributed by atoms with Crippen LogP contribution < -0.4 is 5.32 Å². The van der Waals surface area contributed by atoms with E-state index in [0.29, 0.717) is 13.0 Å². The van der Waals surface area contributed by atoms with Crippen molar-refractivity contribution in [2.45, 2.75) is 38.8 Å². The molecule has 1 atom stereocenters. The zero-order valence-electron chi connectivity index (χ0n) is 11.8. The summed E-state index contributed by atoms with van der Waals surface area (Å²) in [4.78, 5) is 14.0. The quantitative estimate of drug-likeness (QED) is 0.890. The van der Waals surface area contributed by atoms with Gasteiger partial charge in [-0.1, -0.05) is 0 Å². The third-order valence-corrected chi connectivity index (χ3v) is 3.00. The van der Waals surface area contributed by atoms with Gasteiger partial charge >= 0.3 is 6.09 Å². The number of hydrogen-bond donors (Lipinski definition) is 1. The number of ether oxygens (including phenoxy) is 1. The van der Waals surface area contributed by atoms with Crippen molar-refractivity contribution in [3.05, 3.63) is 24.2 Å². The summed E-state index contributed by atoms with van der Waals surface area (Å²) >= 11 is 0. The molecule has 0 aliphatic carbocycles. The molecular weight excluding hydrogens is 244 g/mol. The van der Waals surface area contributed by atoms with Crippen LogP contribution in [0, 0.1) is 0 Å². The topological polar surface area (TPSA) is 54.7 Å². The molecule has 1 aliphatic rings. The van der Waals surface area contributed by atoms with Crippen molar-refractivity contribution in [2.24, 2.45) is 0 Å². The molecule has 1 aromatic rings. The van der Waals surface area contributed by atoms with Crippen molar-refractivity contribution in [1.82, 2.24) is 10.2 Å². The lowest BCUT2D eigenvalue weighted by atomic mass is 10.1. The Morgan fingerprint density at radius 1 is 1.58 bits per heavy atom. The maximum atomic E-state index is 12.2. The smallest absolute Gasteiger partial charge is 0.410 e. The molecule has 5 heteroatoms. The summed E-state index contributed by atoms with van der Waals surface area (Å²) in [5.74, 6) is 0.891. The highest BCUT2D eigenvalue weighted by Crippen LogP contribution is 2.16. The van der Waals surface area contributed by atoms with Crippen molar-refractivity contribution in [3.8, 4) is 0 Å². The predicted octanol–water partition coefficient (Wildman–Crippen LogP) is 2.03. The van der Waals surface area contributed by atoms with Crippen molar-refractivity contribution in [1.29, 1.82) is 0 Å². The minimum Gasteiger partial charge on any atom is -0.469 e. The maximum absolute atomic E-state index is 12.2. The van der Waals surface area contributed by atoms with Crippen LogP contribution in [0.4, 0.5) is 4.79 Å². The van der Waals surface area contributed by atoms with Gasteiger partial charge in [0.1, 0.15) is 11.4 Å². The van der Waals surface area contributed by atoms with E-state index in [1.54, 1.807) is 11.2 Å². The first kappa shape index (κ1) is 13.9. The van der Waals surface area contributed by atoms with Gasteiger partial charge in [-0.3, -0.25) is 0 Å². The number of nitrogens with one attached hydrogen (secondary N) is 1. The summed E-state index contributed by atoms with van der Waals surface area (Å²) in [5, 5.41) is 3.30. The minimum atomic E-state index is -0.461. The highest BCUT2D eigenvalue weighted by molar-refractivity contribution is 5.68. The van der Waals surface area contributed by atoms with Crippen molar-refractivity contribution >= 4 is 6.09 Å². The second-order valence-corrected chi connectivity index (χ2v) is 5.82. The van der Waals surface area contributed by atoms with Gasteiger partial charge in [-0.05, 0) is 32.9 Å². The molecule has 5 nitrogen and oxygen atoms in total. The molecule has 1 fully saturated rings. The fourth-order valence-electron chi connectivity index (χ4n) is 2.17. The average molecular weight is 266 g/mol. The second kappa shape index (κ2) is 5.65. The van der Waals surface area contributed by atoms with Crippen LogP contribution in [0.1, 0.15) is 26.5 Å². The van der Waals surface area contributed by atoms with E-state index < -0.39 is 5.60 Å². The van der Waals surface area contributed by atoms with Gasteiger partial charge in [-0.25, -0.2) is 4.79 Å². The van der Waals surface area contributed by atoms with Gasteiger partial charge in [0.05, 0.1) is 12.3 Å². The molecule has 1 N–H and O–H groups in total. The molecule has 1 saturated heterocycles. The van der Waals surface area contributed by atoms with Crippen LogP contribution >= 0.6 is 0 Å². The highest BCUT2D eigenvalue weighted by atomic mass is 16.6. The largest absolute Gasteiger partial charge is 0.469 e. The third kappa shape index (κ3) is 3.99. The normalized spacial score (nSPS) is 20.4. The predicted molar refractivity (Wildman–Crippen MR) is 72.0 cm³/mol. The van der Waals surface area contributed by atoms with Gasteiger partial charge in [0, 0.05) is 26.1 Å². The summed E-state index contributed by atoms with van der Waals surface area (Å²) in [6.45, 7) is 7.88. The van der Waals surface area contributed by atoms with Gasteiger partial charge in [0.15, 0.2) is 0 Å². The molecule has 0 unspecified atom stereocenters. The fraction of sp³-hybridized carbons (Fsp3) is 0.643. The number of carbonyl (C=O) groups is 1. The molecule has 0 radical (unpaired) electrons. The average Bonchev–Trinajstić information content (AvgIpc) is 2.80. The molecular formula is C14H22N2O3. The standard InChI is InChI=1S/C14H22N2O3/c1-14(2,3)19-13(17)16-7-6-15-10-11(16)9-12-5-4-8-18-12/h4-5,8,11,15H,6-7,9-10H2,1-3H3/t11-/m0/s1. The van der Waals surface area contributed by atoms with Crippen molar-refractivity contribution < 1.29 is 13.9 Å². The summed E-state index contributed by atoms with van der Waals surface area (Å²) in [6.07, 6.45) is 2.12. The molecule has 1 aromatic heterocycles. The van der Waals surface area contributed by atoms with Crippen LogP contribution in [-0.2, 0) is 11.2 Å². The molecule has 0 aromatic carbocycles.